The first-order valence-corrected chi connectivity index (χ1v) is 5.88. The normalized spacial score (nSPS) is 13.1. The summed E-state index contributed by atoms with van der Waals surface area (Å²) in [5, 5.41) is 0. The third-order valence-electron chi connectivity index (χ3n) is 3.29. The lowest BCUT2D eigenvalue weighted by Gasteiger charge is -2.24. The third kappa shape index (κ3) is 2.60. The van der Waals surface area contributed by atoms with Gasteiger partial charge in [-0.25, -0.2) is 0 Å². The zero-order valence-corrected chi connectivity index (χ0v) is 9.66. The standard InChI is InChI=1S/C14H22/c1-4-12(5-2)14(6-3)13-10-8-7-9-11-13/h7-12,14H,4-6H2,1-3H3. The molecule has 0 amide bonds. The Hall–Kier alpha value is -0.780. The topological polar surface area (TPSA) is 0 Å². The van der Waals surface area contributed by atoms with Crippen LogP contribution < -0.4 is 0 Å². The van der Waals surface area contributed by atoms with E-state index in [-0.39, 0.29) is 0 Å². The van der Waals surface area contributed by atoms with Crippen LogP contribution in [0.15, 0.2) is 30.3 Å². The second-order valence-electron chi connectivity index (χ2n) is 4.00. The lowest BCUT2D eigenvalue weighted by atomic mass is 9.81. The zero-order valence-electron chi connectivity index (χ0n) is 9.66. The van der Waals surface area contributed by atoms with Gasteiger partial charge in [0.2, 0.25) is 0 Å². The van der Waals surface area contributed by atoms with Gasteiger partial charge in [-0.3, -0.25) is 0 Å². The summed E-state index contributed by atoms with van der Waals surface area (Å²) in [5.74, 6) is 1.61. The number of hydrogen-bond donors (Lipinski definition) is 0. The lowest BCUT2D eigenvalue weighted by Crippen LogP contribution is -2.10. The first kappa shape index (κ1) is 11.3. The molecular formula is C14H22. The molecule has 1 unspecified atom stereocenters. The van der Waals surface area contributed by atoms with Gasteiger partial charge in [0.05, 0.1) is 0 Å². The number of benzene rings is 1. The molecule has 1 aromatic carbocycles. The SMILES string of the molecule is CCC(CC)C(CC)c1ccccc1. The van der Waals surface area contributed by atoms with E-state index in [1.54, 1.807) is 0 Å². The summed E-state index contributed by atoms with van der Waals surface area (Å²) in [6.07, 6.45) is 3.85. The van der Waals surface area contributed by atoms with Gasteiger partial charge in [0.1, 0.15) is 0 Å². The molecule has 0 N–H and O–H groups in total. The van der Waals surface area contributed by atoms with Crippen molar-refractivity contribution in [2.24, 2.45) is 5.92 Å². The number of hydrogen-bond acceptors (Lipinski definition) is 0. The molecule has 1 aromatic rings. The van der Waals surface area contributed by atoms with Gasteiger partial charge in [-0.2, -0.15) is 0 Å². The smallest absolute Gasteiger partial charge is 0.0136 e. The maximum atomic E-state index is 2.31. The summed E-state index contributed by atoms with van der Waals surface area (Å²) in [7, 11) is 0. The first-order chi connectivity index (χ1) is 6.83. The largest absolute Gasteiger partial charge is 0.0651 e. The summed E-state index contributed by atoms with van der Waals surface area (Å²) in [6.45, 7) is 6.91. The minimum Gasteiger partial charge on any atom is -0.0651 e. The maximum Gasteiger partial charge on any atom is -0.0136 e. The third-order valence-corrected chi connectivity index (χ3v) is 3.29. The van der Waals surface area contributed by atoms with Crippen molar-refractivity contribution in [2.45, 2.75) is 46.0 Å². The molecule has 0 bridgehead atoms. The molecule has 0 aliphatic carbocycles. The predicted molar refractivity (Wildman–Crippen MR) is 63.5 cm³/mol. The van der Waals surface area contributed by atoms with Crippen molar-refractivity contribution in [1.82, 2.24) is 0 Å². The van der Waals surface area contributed by atoms with E-state index in [4.69, 9.17) is 0 Å². The summed E-state index contributed by atoms with van der Waals surface area (Å²) >= 11 is 0. The van der Waals surface area contributed by atoms with Crippen LogP contribution in [-0.4, -0.2) is 0 Å². The van der Waals surface area contributed by atoms with Crippen LogP contribution in [0, 0.1) is 5.92 Å². The second kappa shape index (κ2) is 5.85. The lowest BCUT2D eigenvalue weighted by molar-refractivity contribution is 0.388. The second-order valence-corrected chi connectivity index (χ2v) is 4.00. The zero-order chi connectivity index (χ0) is 10.4. The summed E-state index contributed by atoms with van der Waals surface area (Å²) in [5.41, 5.74) is 1.52. The molecule has 0 heteroatoms. The Balaban J connectivity index is 2.81. The van der Waals surface area contributed by atoms with Gasteiger partial charge in [-0.15, -0.1) is 0 Å². The molecule has 0 fully saturated rings. The quantitative estimate of drug-likeness (QED) is 0.635. The van der Waals surface area contributed by atoms with Crippen LogP contribution in [0.3, 0.4) is 0 Å². The molecule has 0 radical (unpaired) electrons. The molecule has 0 saturated heterocycles. The average molecular weight is 190 g/mol. The van der Waals surface area contributed by atoms with Crippen LogP contribution >= 0.6 is 0 Å². The van der Waals surface area contributed by atoms with Crippen LogP contribution in [0.4, 0.5) is 0 Å². The highest BCUT2D eigenvalue weighted by Gasteiger charge is 2.17. The summed E-state index contributed by atoms with van der Waals surface area (Å²) in [6, 6.07) is 10.9. The van der Waals surface area contributed by atoms with E-state index in [1.807, 2.05) is 0 Å². The minimum absolute atomic E-state index is 0.756. The molecular weight excluding hydrogens is 168 g/mol. The highest BCUT2D eigenvalue weighted by molar-refractivity contribution is 5.20. The van der Waals surface area contributed by atoms with Gasteiger partial charge >= 0.3 is 0 Å². The van der Waals surface area contributed by atoms with Crippen LogP contribution in [-0.2, 0) is 0 Å². The van der Waals surface area contributed by atoms with E-state index in [0.29, 0.717) is 0 Å². The Kier molecular flexibility index (Phi) is 4.72. The first-order valence-electron chi connectivity index (χ1n) is 5.88. The van der Waals surface area contributed by atoms with Crippen molar-refractivity contribution in [3.05, 3.63) is 35.9 Å². The molecule has 1 rings (SSSR count). The van der Waals surface area contributed by atoms with E-state index in [0.717, 1.165) is 11.8 Å². The van der Waals surface area contributed by atoms with E-state index in [9.17, 15) is 0 Å². The van der Waals surface area contributed by atoms with Crippen molar-refractivity contribution in [2.75, 3.05) is 0 Å². The highest BCUT2D eigenvalue weighted by atomic mass is 14.2. The van der Waals surface area contributed by atoms with Crippen molar-refractivity contribution in [3.63, 3.8) is 0 Å². The molecule has 0 aromatic heterocycles. The average Bonchev–Trinajstić information content (AvgIpc) is 2.27. The van der Waals surface area contributed by atoms with Gasteiger partial charge < -0.3 is 0 Å². The van der Waals surface area contributed by atoms with Gasteiger partial charge in [0.25, 0.3) is 0 Å². The van der Waals surface area contributed by atoms with E-state index < -0.39 is 0 Å². The highest BCUT2D eigenvalue weighted by Crippen LogP contribution is 2.31. The monoisotopic (exact) mass is 190 g/mol. The molecule has 0 aliphatic heterocycles. The van der Waals surface area contributed by atoms with Crippen LogP contribution in [0.2, 0.25) is 0 Å². The molecule has 0 spiro atoms. The van der Waals surface area contributed by atoms with Crippen LogP contribution in [0.5, 0.6) is 0 Å². The maximum absolute atomic E-state index is 2.31. The molecule has 14 heavy (non-hydrogen) atoms. The van der Waals surface area contributed by atoms with Gasteiger partial charge in [-0.1, -0.05) is 63.9 Å². The van der Waals surface area contributed by atoms with Gasteiger partial charge in [0, 0.05) is 0 Å². The molecule has 1 atom stereocenters. The van der Waals surface area contributed by atoms with Crippen molar-refractivity contribution < 1.29 is 0 Å². The summed E-state index contributed by atoms with van der Waals surface area (Å²) < 4.78 is 0. The fourth-order valence-corrected chi connectivity index (χ4v) is 2.40. The molecule has 0 nitrogen and oxygen atoms in total. The molecule has 0 heterocycles. The Morgan fingerprint density at radius 2 is 1.43 bits per heavy atom. The van der Waals surface area contributed by atoms with Crippen LogP contribution in [0.25, 0.3) is 0 Å². The summed E-state index contributed by atoms with van der Waals surface area (Å²) in [4.78, 5) is 0. The Labute approximate surface area is 88.4 Å². The number of rotatable bonds is 5. The Morgan fingerprint density at radius 3 is 1.86 bits per heavy atom. The fraction of sp³-hybridized carbons (Fsp3) is 0.571. The van der Waals surface area contributed by atoms with Crippen molar-refractivity contribution in [3.8, 4) is 0 Å². The molecule has 0 saturated carbocycles. The molecule has 78 valence electrons. The van der Waals surface area contributed by atoms with Gasteiger partial charge in [0.15, 0.2) is 0 Å². The van der Waals surface area contributed by atoms with Crippen LogP contribution in [0.1, 0.15) is 51.5 Å². The molecule has 0 aliphatic rings. The van der Waals surface area contributed by atoms with E-state index in [2.05, 4.69) is 51.1 Å². The van der Waals surface area contributed by atoms with E-state index >= 15 is 0 Å². The Morgan fingerprint density at radius 1 is 0.857 bits per heavy atom. The van der Waals surface area contributed by atoms with Crippen molar-refractivity contribution >= 4 is 0 Å². The van der Waals surface area contributed by atoms with Crippen molar-refractivity contribution in [1.29, 1.82) is 0 Å². The fourth-order valence-electron chi connectivity index (χ4n) is 2.40. The van der Waals surface area contributed by atoms with Gasteiger partial charge in [-0.05, 0) is 23.8 Å². The minimum atomic E-state index is 0.756. The predicted octanol–water partition coefficient (Wildman–Crippen LogP) is 4.62. The van der Waals surface area contributed by atoms with E-state index in [1.165, 1.54) is 24.8 Å². The Bertz CT molecular complexity index is 233.